The molecule has 0 saturated carbocycles. The molecular weight excluding hydrogens is 398 g/mol. The number of anilines is 1. The summed E-state index contributed by atoms with van der Waals surface area (Å²) in [5.41, 5.74) is 1.24. The fourth-order valence-corrected chi connectivity index (χ4v) is 2.62. The van der Waals surface area contributed by atoms with Crippen molar-refractivity contribution in [3.05, 3.63) is 68.6 Å². The highest BCUT2D eigenvalue weighted by Crippen LogP contribution is 2.22. The predicted octanol–water partition coefficient (Wildman–Crippen LogP) is 3.56. The molecule has 24 heavy (non-hydrogen) atoms. The molecule has 2 aromatic carbocycles. The van der Waals surface area contributed by atoms with E-state index in [9.17, 15) is 9.59 Å². The first kappa shape index (κ1) is 16.5. The summed E-state index contributed by atoms with van der Waals surface area (Å²) in [5, 5.41) is 7.02. The summed E-state index contributed by atoms with van der Waals surface area (Å²) < 4.78 is 6.60. The smallest absolute Gasteiger partial charge is 0.323 e. The van der Waals surface area contributed by atoms with Crippen molar-refractivity contribution in [2.75, 3.05) is 5.32 Å². The molecule has 1 N–H and O–H groups in total. The number of nitrogens with zero attached hydrogens (tertiary/aromatic N) is 2. The molecule has 6 nitrogen and oxygen atoms in total. The van der Waals surface area contributed by atoms with Crippen LogP contribution in [0, 0.1) is 0 Å². The zero-order valence-corrected chi connectivity index (χ0v) is 14.5. The van der Waals surface area contributed by atoms with E-state index in [1.54, 1.807) is 42.5 Å². The van der Waals surface area contributed by atoms with Gasteiger partial charge in [-0.3, -0.25) is 9.32 Å². The lowest BCUT2D eigenvalue weighted by Crippen LogP contribution is -2.25. The second-order valence-electron chi connectivity index (χ2n) is 4.89. The van der Waals surface area contributed by atoms with Crippen molar-refractivity contribution >= 4 is 39.1 Å². The molecule has 1 heterocycles. The lowest BCUT2D eigenvalue weighted by Gasteiger charge is -2.08. The third-order valence-electron chi connectivity index (χ3n) is 3.24. The summed E-state index contributed by atoms with van der Waals surface area (Å²) in [5.74, 6) is -0.816. The van der Waals surface area contributed by atoms with E-state index in [4.69, 9.17) is 16.1 Å². The number of benzene rings is 2. The maximum Gasteiger partial charge on any atom is 0.442 e. The van der Waals surface area contributed by atoms with Crippen molar-refractivity contribution in [2.24, 2.45) is 0 Å². The Balaban J connectivity index is 1.84. The van der Waals surface area contributed by atoms with Crippen LogP contribution in [0.3, 0.4) is 0 Å². The van der Waals surface area contributed by atoms with Gasteiger partial charge in [-0.15, -0.1) is 0 Å². The Morgan fingerprint density at radius 3 is 2.62 bits per heavy atom. The minimum atomic E-state index is -0.706. The van der Waals surface area contributed by atoms with E-state index < -0.39 is 5.76 Å². The lowest BCUT2D eigenvalue weighted by molar-refractivity contribution is -0.116. The normalized spacial score (nSPS) is 10.6. The van der Waals surface area contributed by atoms with E-state index in [0.717, 1.165) is 9.04 Å². The molecule has 3 aromatic rings. The number of para-hydroxylation sites is 1. The number of carbonyl (C=O) groups excluding carboxylic acids is 1. The van der Waals surface area contributed by atoms with Gasteiger partial charge in [-0.1, -0.05) is 28.9 Å². The Morgan fingerprint density at radius 2 is 1.92 bits per heavy atom. The Labute approximate surface area is 150 Å². The van der Waals surface area contributed by atoms with Gasteiger partial charge in [0.2, 0.25) is 5.91 Å². The molecule has 1 amide bonds. The van der Waals surface area contributed by atoms with Gasteiger partial charge < -0.3 is 5.32 Å². The van der Waals surface area contributed by atoms with Crippen LogP contribution < -0.4 is 11.1 Å². The van der Waals surface area contributed by atoms with Gasteiger partial charge in [0.1, 0.15) is 6.54 Å². The number of hydrogen-bond acceptors (Lipinski definition) is 4. The fourth-order valence-electron chi connectivity index (χ4n) is 2.11. The number of nitrogens with one attached hydrogen (secondary N) is 1. The fraction of sp³-hybridized carbons (Fsp3) is 0.0625. The van der Waals surface area contributed by atoms with Crippen LogP contribution in [0.15, 0.2) is 62.3 Å². The molecule has 0 saturated heterocycles. The third-order valence-corrected chi connectivity index (χ3v) is 4.18. The molecule has 1 aromatic heterocycles. The summed E-state index contributed by atoms with van der Waals surface area (Å²) in [6, 6.07) is 13.9. The third kappa shape index (κ3) is 3.58. The largest absolute Gasteiger partial charge is 0.442 e. The number of amides is 1. The second-order valence-corrected chi connectivity index (χ2v) is 6.18. The average molecular weight is 409 g/mol. The van der Waals surface area contributed by atoms with E-state index in [0.29, 0.717) is 16.3 Å². The Bertz CT molecular complexity index is 934. The van der Waals surface area contributed by atoms with E-state index in [2.05, 4.69) is 26.4 Å². The zero-order chi connectivity index (χ0) is 17.1. The van der Waals surface area contributed by atoms with Gasteiger partial charge in [0.25, 0.3) is 0 Å². The van der Waals surface area contributed by atoms with Crippen LogP contribution in [-0.2, 0) is 11.3 Å². The predicted molar refractivity (Wildman–Crippen MR) is 94.0 cm³/mol. The molecule has 0 fully saturated rings. The molecule has 8 heteroatoms. The minimum absolute atomic E-state index is 0.221. The van der Waals surface area contributed by atoms with Gasteiger partial charge in [0, 0.05) is 15.1 Å². The van der Waals surface area contributed by atoms with Gasteiger partial charge in [-0.25, -0.2) is 9.36 Å². The quantitative estimate of drug-likeness (QED) is 0.716. The first-order valence-electron chi connectivity index (χ1n) is 6.91. The van der Waals surface area contributed by atoms with Gasteiger partial charge in [-0.05, 0) is 52.3 Å². The highest BCUT2D eigenvalue weighted by molar-refractivity contribution is 9.10. The summed E-state index contributed by atoms with van der Waals surface area (Å²) in [4.78, 5) is 24.1. The topological polar surface area (TPSA) is 77.1 Å². The lowest BCUT2D eigenvalue weighted by atomic mass is 10.2. The molecule has 122 valence electrons. The van der Waals surface area contributed by atoms with Crippen molar-refractivity contribution in [1.29, 1.82) is 0 Å². The van der Waals surface area contributed by atoms with E-state index in [1.807, 2.05) is 6.07 Å². The Hall–Kier alpha value is -2.38. The van der Waals surface area contributed by atoms with Crippen LogP contribution in [0.5, 0.6) is 0 Å². The minimum Gasteiger partial charge on any atom is -0.323 e. The van der Waals surface area contributed by atoms with Crippen LogP contribution in [0.2, 0.25) is 5.02 Å². The summed E-state index contributed by atoms with van der Waals surface area (Å²) in [6.45, 7) is -0.221. The maximum atomic E-state index is 12.2. The number of aromatic nitrogens is 2. The molecule has 0 aliphatic carbocycles. The highest BCUT2D eigenvalue weighted by atomic mass is 79.9. The summed E-state index contributed by atoms with van der Waals surface area (Å²) >= 11 is 9.20. The molecule has 0 radical (unpaired) electrons. The van der Waals surface area contributed by atoms with Crippen LogP contribution in [0.1, 0.15) is 0 Å². The van der Waals surface area contributed by atoms with Crippen LogP contribution >= 0.6 is 27.5 Å². The molecule has 0 atom stereocenters. The standard InChI is InChI=1S/C16H11BrClN3O3/c17-12-3-1-2-4-13(12)19-14(22)9-21-15(20-24-16(21)23)10-5-7-11(18)8-6-10/h1-8H,9H2,(H,19,22). The number of carbonyl (C=O) groups is 1. The summed E-state index contributed by atoms with van der Waals surface area (Å²) in [6.07, 6.45) is 0. The van der Waals surface area contributed by atoms with E-state index >= 15 is 0 Å². The number of halogens is 2. The van der Waals surface area contributed by atoms with Crippen molar-refractivity contribution in [2.45, 2.75) is 6.54 Å². The average Bonchev–Trinajstić information content (AvgIpc) is 2.91. The van der Waals surface area contributed by atoms with E-state index in [1.165, 1.54) is 0 Å². The first-order valence-corrected chi connectivity index (χ1v) is 8.08. The molecule has 0 aliphatic heterocycles. The SMILES string of the molecule is O=C(Cn1c(-c2ccc(Cl)cc2)noc1=O)Nc1ccccc1Br. The van der Waals surface area contributed by atoms with Crippen molar-refractivity contribution in [3.8, 4) is 11.4 Å². The molecule has 0 aliphatic rings. The van der Waals surface area contributed by atoms with E-state index in [-0.39, 0.29) is 18.3 Å². The number of rotatable bonds is 4. The van der Waals surface area contributed by atoms with Gasteiger partial charge in [0.05, 0.1) is 5.69 Å². The van der Waals surface area contributed by atoms with Gasteiger partial charge in [0.15, 0.2) is 5.82 Å². The van der Waals surface area contributed by atoms with Gasteiger partial charge >= 0.3 is 5.76 Å². The molecular formula is C16H11BrClN3O3. The Morgan fingerprint density at radius 1 is 1.21 bits per heavy atom. The van der Waals surface area contributed by atoms with Crippen LogP contribution in [0.25, 0.3) is 11.4 Å². The first-order chi connectivity index (χ1) is 11.5. The van der Waals surface area contributed by atoms with Crippen molar-refractivity contribution in [3.63, 3.8) is 0 Å². The maximum absolute atomic E-state index is 12.2. The van der Waals surface area contributed by atoms with Crippen molar-refractivity contribution < 1.29 is 9.32 Å². The highest BCUT2D eigenvalue weighted by Gasteiger charge is 2.16. The Kier molecular flexibility index (Phi) is 4.82. The molecule has 0 bridgehead atoms. The molecule has 3 rings (SSSR count). The monoisotopic (exact) mass is 407 g/mol. The van der Waals surface area contributed by atoms with Crippen LogP contribution in [-0.4, -0.2) is 15.6 Å². The van der Waals surface area contributed by atoms with Gasteiger partial charge in [-0.2, -0.15) is 0 Å². The summed E-state index contributed by atoms with van der Waals surface area (Å²) in [7, 11) is 0. The second kappa shape index (κ2) is 7.02. The molecule has 0 unspecified atom stereocenters. The van der Waals surface area contributed by atoms with Crippen molar-refractivity contribution in [1.82, 2.24) is 9.72 Å². The number of hydrogen-bond donors (Lipinski definition) is 1. The zero-order valence-electron chi connectivity index (χ0n) is 12.2. The molecule has 0 spiro atoms. The van der Waals surface area contributed by atoms with Crippen LogP contribution in [0.4, 0.5) is 5.69 Å².